The molecule has 1 aliphatic heterocycles. The molecule has 1 aromatic carbocycles. The van der Waals surface area contributed by atoms with Crippen molar-refractivity contribution < 1.29 is 14.3 Å². The summed E-state index contributed by atoms with van der Waals surface area (Å²) in [6, 6.07) is 6.11. The van der Waals surface area contributed by atoms with Gasteiger partial charge in [-0.25, -0.2) is 4.79 Å². The number of hydrogen-bond acceptors (Lipinski definition) is 3. The zero-order valence-electron chi connectivity index (χ0n) is 9.53. The summed E-state index contributed by atoms with van der Waals surface area (Å²) in [5.41, 5.74) is 2.35. The Morgan fingerprint density at radius 3 is 3.24 bits per heavy atom. The van der Waals surface area contributed by atoms with E-state index in [1.165, 1.54) is 12.6 Å². The molecule has 1 unspecified atom stereocenters. The summed E-state index contributed by atoms with van der Waals surface area (Å²) in [5, 5.41) is 2.41. The highest BCUT2D eigenvalue weighted by Gasteiger charge is 2.22. The molecule has 0 saturated carbocycles. The maximum Gasteiger partial charge on any atom is 0.406 e. The second-order valence-electron chi connectivity index (χ2n) is 3.80. The van der Waals surface area contributed by atoms with E-state index in [2.05, 4.69) is 27.3 Å². The van der Waals surface area contributed by atoms with Gasteiger partial charge in [-0.05, 0) is 29.7 Å². The number of hydrogen-bond donors (Lipinski definition) is 1. The Morgan fingerprint density at radius 1 is 1.65 bits per heavy atom. The van der Waals surface area contributed by atoms with E-state index in [0.717, 1.165) is 16.5 Å². The highest BCUT2D eigenvalue weighted by molar-refractivity contribution is 9.10. The molecular weight excluding hydrogens is 286 g/mol. The first-order valence-corrected chi connectivity index (χ1v) is 6.24. The molecule has 1 aliphatic rings. The highest BCUT2D eigenvalue weighted by Crippen LogP contribution is 2.29. The molecule has 1 atom stereocenters. The molecule has 0 fully saturated rings. The molecular formula is C12H14BrNO3. The van der Waals surface area contributed by atoms with Crippen molar-refractivity contribution in [3.05, 3.63) is 33.8 Å². The van der Waals surface area contributed by atoms with E-state index in [-0.39, 0.29) is 12.7 Å². The summed E-state index contributed by atoms with van der Waals surface area (Å²) in [6.07, 6.45) is 0.295. The Hall–Kier alpha value is -1.07. The summed E-state index contributed by atoms with van der Waals surface area (Å²) in [5.74, 6) is 0. The third-order valence-corrected chi connectivity index (χ3v) is 3.21. The average molecular weight is 300 g/mol. The molecule has 4 nitrogen and oxygen atoms in total. The minimum Gasteiger partial charge on any atom is -0.446 e. The van der Waals surface area contributed by atoms with E-state index in [1.54, 1.807) is 0 Å². The van der Waals surface area contributed by atoms with Crippen molar-refractivity contribution in [3.8, 4) is 0 Å². The third kappa shape index (κ3) is 2.98. The van der Waals surface area contributed by atoms with Crippen LogP contribution in [0.4, 0.5) is 4.79 Å². The SMILES string of the molecule is CNC(=O)OCC1OCCc2ccc(Br)cc21. The van der Waals surface area contributed by atoms with E-state index in [1.807, 2.05) is 12.1 Å². The van der Waals surface area contributed by atoms with E-state index in [9.17, 15) is 4.79 Å². The van der Waals surface area contributed by atoms with E-state index in [4.69, 9.17) is 9.47 Å². The molecule has 1 heterocycles. The molecule has 0 radical (unpaired) electrons. The van der Waals surface area contributed by atoms with Gasteiger partial charge in [-0.2, -0.15) is 0 Å². The number of nitrogens with one attached hydrogen (secondary N) is 1. The van der Waals surface area contributed by atoms with Gasteiger partial charge >= 0.3 is 6.09 Å². The van der Waals surface area contributed by atoms with Crippen molar-refractivity contribution in [2.45, 2.75) is 12.5 Å². The molecule has 0 aliphatic carbocycles. The smallest absolute Gasteiger partial charge is 0.406 e. The number of fused-ring (bicyclic) bond motifs is 1. The molecule has 92 valence electrons. The Labute approximate surface area is 108 Å². The van der Waals surface area contributed by atoms with Gasteiger partial charge in [-0.1, -0.05) is 22.0 Å². The van der Waals surface area contributed by atoms with Gasteiger partial charge in [0, 0.05) is 11.5 Å². The summed E-state index contributed by atoms with van der Waals surface area (Å²) >= 11 is 3.44. The minimum absolute atomic E-state index is 0.173. The van der Waals surface area contributed by atoms with Gasteiger partial charge in [-0.3, -0.25) is 0 Å². The van der Waals surface area contributed by atoms with Gasteiger partial charge in [0.1, 0.15) is 12.7 Å². The van der Waals surface area contributed by atoms with Crippen LogP contribution in [0.3, 0.4) is 0 Å². The standard InChI is InChI=1S/C12H14BrNO3/c1-14-12(15)17-7-11-10-6-9(13)3-2-8(10)4-5-16-11/h2-3,6,11H,4-5,7H2,1H3,(H,14,15). The Morgan fingerprint density at radius 2 is 2.47 bits per heavy atom. The predicted molar refractivity (Wildman–Crippen MR) is 66.9 cm³/mol. The van der Waals surface area contributed by atoms with Crippen LogP contribution in [0.5, 0.6) is 0 Å². The number of amides is 1. The number of benzene rings is 1. The molecule has 1 aromatic rings. The molecule has 0 bridgehead atoms. The van der Waals surface area contributed by atoms with Crippen molar-refractivity contribution in [2.24, 2.45) is 0 Å². The Balaban J connectivity index is 2.11. The fourth-order valence-corrected chi connectivity index (χ4v) is 2.23. The number of alkyl carbamates (subject to hydrolysis) is 1. The zero-order valence-corrected chi connectivity index (χ0v) is 11.1. The topological polar surface area (TPSA) is 47.6 Å². The molecule has 5 heteroatoms. The monoisotopic (exact) mass is 299 g/mol. The lowest BCUT2D eigenvalue weighted by Crippen LogP contribution is -2.25. The molecule has 2 rings (SSSR count). The maximum absolute atomic E-state index is 11.0. The van der Waals surface area contributed by atoms with Crippen LogP contribution in [-0.4, -0.2) is 26.4 Å². The van der Waals surface area contributed by atoms with Crippen molar-refractivity contribution in [1.82, 2.24) is 5.32 Å². The highest BCUT2D eigenvalue weighted by atomic mass is 79.9. The van der Waals surface area contributed by atoms with Crippen LogP contribution in [0.15, 0.2) is 22.7 Å². The Bertz CT molecular complexity index is 422. The van der Waals surface area contributed by atoms with Crippen LogP contribution in [0.1, 0.15) is 17.2 Å². The number of halogens is 1. The van der Waals surface area contributed by atoms with Gasteiger partial charge in [-0.15, -0.1) is 0 Å². The number of ether oxygens (including phenoxy) is 2. The fraction of sp³-hybridized carbons (Fsp3) is 0.417. The second-order valence-corrected chi connectivity index (χ2v) is 4.72. The number of carbonyl (C=O) groups excluding carboxylic acids is 1. The third-order valence-electron chi connectivity index (χ3n) is 2.72. The van der Waals surface area contributed by atoms with Crippen molar-refractivity contribution in [1.29, 1.82) is 0 Å². The normalized spacial score (nSPS) is 18.4. The quantitative estimate of drug-likeness (QED) is 0.912. The van der Waals surface area contributed by atoms with Crippen molar-refractivity contribution in [2.75, 3.05) is 20.3 Å². The van der Waals surface area contributed by atoms with Crippen LogP contribution < -0.4 is 5.32 Å². The lowest BCUT2D eigenvalue weighted by atomic mass is 9.98. The molecule has 0 aromatic heterocycles. The maximum atomic E-state index is 11.0. The first kappa shape index (κ1) is 12.4. The second kappa shape index (κ2) is 5.51. The van der Waals surface area contributed by atoms with Crippen molar-refractivity contribution >= 4 is 22.0 Å². The number of carbonyl (C=O) groups is 1. The van der Waals surface area contributed by atoms with Crippen LogP contribution in [0.25, 0.3) is 0 Å². The summed E-state index contributed by atoms with van der Waals surface area (Å²) < 4.78 is 11.7. The lowest BCUT2D eigenvalue weighted by molar-refractivity contribution is -0.00362. The van der Waals surface area contributed by atoms with Gasteiger partial charge in [0.25, 0.3) is 0 Å². The van der Waals surface area contributed by atoms with E-state index >= 15 is 0 Å². The first-order chi connectivity index (χ1) is 8.20. The van der Waals surface area contributed by atoms with Gasteiger partial charge in [0.2, 0.25) is 0 Å². The van der Waals surface area contributed by atoms with Crippen LogP contribution in [0, 0.1) is 0 Å². The van der Waals surface area contributed by atoms with E-state index < -0.39 is 6.09 Å². The predicted octanol–water partition coefficient (Wildman–Crippen LogP) is 2.42. The average Bonchev–Trinajstić information content (AvgIpc) is 2.35. The molecule has 1 N–H and O–H groups in total. The fourth-order valence-electron chi connectivity index (χ4n) is 1.86. The van der Waals surface area contributed by atoms with Crippen LogP contribution >= 0.6 is 15.9 Å². The summed E-state index contributed by atoms with van der Waals surface area (Å²) in [4.78, 5) is 11.0. The minimum atomic E-state index is -0.435. The van der Waals surface area contributed by atoms with Crippen LogP contribution in [-0.2, 0) is 15.9 Å². The molecule has 17 heavy (non-hydrogen) atoms. The summed E-state index contributed by atoms with van der Waals surface area (Å²) in [7, 11) is 1.54. The molecule has 0 saturated heterocycles. The summed E-state index contributed by atoms with van der Waals surface area (Å²) in [6.45, 7) is 0.902. The van der Waals surface area contributed by atoms with Gasteiger partial charge < -0.3 is 14.8 Å². The zero-order chi connectivity index (χ0) is 12.3. The van der Waals surface area contributed by atoms with Crippen LogP contribution in [0.2, 0.25) is 0 Å². The molecule has 0 spiro atoms. The largest absolute Gasteiger partial charge is 0.446 e. The molecule has 1 amide bonds. The van der Waals surface area contributed by atoms with Crippen molar-refractivity contribution in [3.63, 3.8) is 0 Å². The van der Waals surface area contributed by atoms with Gasteiger partial charge in [0.05, 0.1) is 6.61 Å². The first-order valence-electron chi connectivity index (χ1n) is 5.45. The Kier molecular flexibility index (Phi) is 4.02. The lowest BCUT2D eigenvalue weighted by Gasteiger charge is -2.25. The van der Waals surface area contributed by atoms with E-state index in [0.29, 0.717) is 6.61 Å². The number of rotatable bonds is 2. The van der Waals surface area contributed by atoms with Gasteiger partial charge in [0.15, 0.2) is 0 Å².